The maximum atomic E-state index is 4.53. The van der Waals surface area contributed by atoms with Gasteiger partial charge in [0.2, 0.25) is 0 Å². The van der Waals surface area contributed by atoms with E-state index < -0.39 is 0 Å². The summed E-state index contributed by atoms with van der Waals surface area (Å²) >= 11 is 0. The fourth-order valence-corrected chi connectivity index (χ4v) is 4.25. The topological polar surface area (TPSA) is 25.8 Å². The number of nitrogens with zero attached hydrogens (tertiary/aromatic N) is 2. The highest BCUT2D eigenvalue weighted by atomic mass is 14.7. The molecule has 0 aliphatic heterocycles. The van der Waals surface area contributed by atoms with E-state index in [0.717, 1.165) is 22.5 Å². The van der Waals surface area contributed by atoms with Gasteiger partial charge < -0.3 is 0 Å². The third-order valence-corrected chi connectivity index (χ3v) is 6.29. The van der Waals surface area contributed by atoms with Gasteiger partial charge in [-0.15, -0.1) is 0 Å². The molecule has 3 aromatic carbocycles. The van der Waals surface area contributed by atoms with Crippen molar-refractivity contribution in [2.24, 2.45) is 0 Å². The highest BCUT2D eigenvalue weighted by molar-refractivity contribution is 5.72. The third kappa shape index (κ3) is 4.33. The first-order valence-corrected chi connectivity index (χ1v) is 11.3. The SMILES string of the molecule is CC(C)(c1cccc(-c2cccc(-c3ccccn3)c2)c1)c1cccc(-c2ccccn2)c1. The van der Waals surface area contributed by atoms with Crippen LogP contribution in [0.25, 0.3) is 33.6 Å². The highest BCUT2D eigenvalue weighted by Gasteiger charge is 2.24. The summed E-state index contributed by atoms with van der Waals surface area (Å²) in [5.74, 6) is 0. The van der Waals surface area contributed by atoms with E-state index in [4.69, 9.17) is 0 Å². The second kappa shape index (κ2) is 8.84. The largest absolute Gasteiger partial charge is 0.256 e. The van der Waals surface area contributed by atoms with Crippen molar-refractivity contribution in [2.45, 2.75) is 19.3 Å². The van der Waals surface area contributed by atoms with E-state index in [2.05, 4.69) is 103 Å². The van der Waals surface area contributed by atoms with Gasteiger partial charge in [-0.05, 0) is 58.7 Å². The van der Waals surface area contributed by atoms with Gasteiger partial charge in [-0.3, -0.25) is 9.97 Å². The standard InChI is InChI=1S/C31H26N2/c1-31(2,28-15-9-13-26(22-28)30-17-4-6-19-33-30)27-14-8-11-24(21-27)23-10-7-12-25(20-23)29-16-3-5-18-32-29/h3-22H,1-2H3. The minimum Gasteiger partial charge on any atom is -0.256 e. The summed E-state index contributed by atoms with van der Waals surface area (Å²) in [6.07, 6.45) is 3.68. The second-order valence-corrected chi connectivity index (χ2v) is 8.80. The molecule has 0 atom stereocenters. The molecule has 33 heavy (non-hydrogen) atoms. The molecule has 2 aromatic heterocycles. The Morgan fingerprint density at radius 1 is 0.455 bits per heavy atom. The lowest BCUT2D eigenvalue weighted by atomic mass is 9.77. The Bertz CT molecular complexity index is 1370. The van der Waals surface area contributed by atoms with Gasteiger partial charge in [-0.1, -0.05) is 86.6 Å². The number of benzene rings is 3. The van der Waals surface area contributed by atoms with Gasteiger partial charge >= 0.3 is 0 Å². The fraction of sp³-hybridized carbons (Fsp3) is 0.0968. The molecule has 0 N–H and O–H groups in total. The summed E-state index contributed by atoms with van der Waals surface area (Å²) in [7, 11) is 0. The van der Waals surface area contributed by atoms with Gasteiger partial charge in [-0.25, -0.2) is 0 Å². The zero-order chi connectivity index (χ0) is 22.7. The number of hydrogen-bond donors (Lipinski definition) is 0. The Morgan fingerprint density at radius 3 is 1.45 bits per heavy atom. The first-order chi connectivity index (χ1) is 16.1. The molecule has 0 amide bonds. The lowest BCUT2D eigenvalue weighted by molar-refractivity contribution is 0.641. The number of hydrogen-bond acceptors (Lipinski definition) is 2. The van der Waals surface area contributed by atoms with E-state index in [9.17, 15) is 0 Å². The number of aromatic nitrogens is 2. The first kappa shape index (κ1) is 20.8. The molecule has 0 radical (unpaired) electrons. The Hall–Kier alpha value is -4.04. The molecule has 160 valence electrons. The lowest BCUT2D eigenvalue weighted by Crippen LogP contribution is -2.19. The molecule has 2 nitrogen and oxygen atoms in total. The molecule has 0 aliphatic rings. The van der Waals surface area contributed by atoms with Crippen LogP contribution in [-0.2, 0) is 5.41 Å². The maximum Gasteiger partial charge on any atom is 0.0702 e. The van der Waals surface area contributed by atoms with E-state index >= 15 is 0 Å². The zero-order valence-electron chi connectivity index (χ0n) is 18.9. The smallest absolute Gasteiger partial charge is 0.0702 e. The fourth-order valence-electron chi connectivity index (χ4n) is 4.25. The molecule has 0 bridgehead atoms. The predicted octanol–water partition coefficient (Wildman–Crippen LogP) is 7.80. The van der Waals surface area contributed by atoms with Crippen LogP contribution in [0.1, 0.15) is 25.0 Å². The van der Waals surface area contributed by atoms with Crippen molar-refractivity contribution >= 4 is 0 Å². The molecule has 0 spiro atoms. The van der Waals surface area contributed by atoms with Gasteiger partial charge in [0.05, 0.1) is 11.4 Å². The van der Waals surface area contributed by atoms with Crippen molar-refractivity contribution in [3.05, 3.63) is 133 Å². The van der Waals surface area contributed by atoms with Crippen LogP contribution in [0.2, 0.25) is 0 Å². The molecular formula is C31H26N2. The maximum absolute atomic E-state index is 4.53. The second-order valence-electron chi connectivity index (χ2n) is 8.80. The van der Waals surface area contributed by atoms with Crippen molar-refractivity contribution in [1.82, 2.24) is 9.97 Å². The minimum atomic E-state index is -0.153. The van der Waals surface area contributed by atoms with Gasteiger partial charge in [0.25, 0.3) is 0 Å². The Morgan fingerprint density at radius 2 is 0.909 bits per heavy atom. The summed E-state index contributed by atoms with van der Waals surface area (Å²) < 4.78 is 0. The summed E-state index contributed by atoms with van der Waals surface area (Å²) in [6.45, 7) is 4.57. The molecule has 0 saturated heterocycles. The van der Waals surface area contributed by atoms with E-state index in [1.54, 1.807) is 0 Å². The predicted molar refractivity (Wildman–Crippen MR) is 137 cm³/mol. The van der Waals surface area contributed by atoms with Crippen molar-refractivity contribution in [3.8, 4) is 33.6 Å². The molecule has 5 aromatic rings. The number of pyridine rings is 2. The zero-order valence-corrected chi connectivity index (χ0v) is 18.9. The van der Waals surface area contributed by atoms with Crippen molar-refractivity contribution in [1.29, 1.82) is 0 Å². The van der Waals surface area contributed by atoms with Crippen molar-refractivity contribution in [3.63, 3.8) is 0 Å². The van der Waals surface area contributed by atoms with E-state index in [0.29, 0.717) is 0 Å². The molecule has 5 rings (SSSR count). The molecular weight excluding hydrogens is 400 g/mol. The molecule has 0 aliphatic carbocycles. The van der Waals surface area contributed by atoms with Crippen LogP contribution >= 0.6 is 0 Å². The quantitative estimate of drug-likeness (QED) is 0.286. The average Bonchev–Trinajstić information content (AvgIpc) is 2.90. The molecule has 2 heterocycles. The van der Waals surface area contributed by atoms with Crippen LogP contribution in [0.3, 0.4) is 0 Å². The van der Waals surface area contributed by atoms with E-state index in [-0.39, 0.29) is 5.41 Å². The average molecular weight is 427 g/mol. The van der Waals surface area contributed by atoms with Crippen molar-refractivity contribution < 1.29 is 0 Å². The molecule has 0 fully saturated rings. The molecule has 0 saturated carbocycles. The summed E-state index contributed by atoms with van der Waals surface area (Å²) in [5.41, 5.74) is 9.04. The molecule has 0 unspecified atom stereocenters. The summed E-state index contributed by atoms with van der Waals surface area (Å²) in [4.78, 5) is 9.04. The monoisotopic (exact) mass is 426 g/mol. The Balaban J connectivity index is 1.51. The van der Waals surface area contributed by atoms with Crippen LogP contribution in [0.15, 0.2) is 122 Å². The summed E-state index contributed by atoms with van der Waals surface area (Å²) in [6, 6.07) is 38.3. The number of rotatable bonds is 5. The Kier molecular flexibility index (Phi) is 5.58. The van der Waals surface area contributed by atoms with Gasteiger partial charge in [0.15, 0.2) is 0 Å². The third-order valence-electron chi connectivity index (χ3n) is 6.29. The van der Waals surface area contributed by atoms with Crippen LogP contribution < -0.4 is 0 Å². The van der Waals surface area contributed by atoms with Gasteiger partial charge in [-0.2, -0.15) is 0 Å². The van der Waals surface area contributed by atoms with Gasteiger partial charge in [0, 0.05) is 28.9 Å². The minimum absolute atomic E-state index is 0.153. The van der Waals surface area contributed by atoms with Crippen LogP contribution in [0.5, 0.6) is 0 Å². The van der Waals surface area contributed by atoms with Gasteiger partial charge in [0.1, 0.15) is 0 Å². The summed E-state index contributed by atoms with van der Waals surface area (Å²) in [5, 5.41) is 0. The highest BCUT2D eigenvalue weighted by Crippen LogP contribution is 2.36. The normalized spacial score (nSPS) is 11.3. The van der Waals surface area contributed by atoms with Crippen LogP contribution in [0.4, 0.5) is 0 Å². The van der Waals surface area contributed by atoms with Crippen LogP contribution in [-0.4, -0.2) is 9.97 Å². The lowest BCUT2D eigenvalue weighted by Gasteiger charge is -2.27. The Labute approximate surface area is 195 Å². The first-order valence-electron chi connectivity index (χ1n) is 11.3. The molecule has 2 heteroatoms. The van der Waals surface area contributed by atoms with E-state index in [1.165, 1.54) is 22.3 Å². The van der Waals surface area contributed by atoms with Crippen molar-refractivity contribution in [2.75, 3.05) is 0 Å². The van der Waals surface area contributed by atoms with Crippen LogP contribution in [0, 0.1) is 0 Å². The van der Waals surface area contributed by atoms with E-state index in [1.807, 2.05) is 42.7 Å².